The first-order chi connectivity index (χ1) is 26.7. The molecule has 1 aliphatic heterocycles. The van der Waals surface area contributed by atoms with Crippen molar-refractivity contribution in [1.82, 2.24) is 5.32 Å². The van der Waals surface area contributed by atoms with Crippen molar-refractivity contribution >= 4 is 17.2 Å². The smallest absolute Gasteiger partial charge is 0.299 e. The number of hydrogen-bond acceptors (Lipinski definition) is 6. The van der Waals surface area contributed by atoms with E-state index in [0.29, 0.717) is 22.9 Å². The molecule has 0 fully saturated rings. The predicted octanol–water partition coefficient (Wildman–Crippen LogP) is 9.87. The molecule has 6 nitrogen and oxygen atoms in total. The first-order valence-electron chi connectivity index (χ1n) is 17.8. The third kappa shape index (κ3) is 7.35. The van der Waals surface area contributed by atoms with E-state index in [1.165, 1.54) is 25.1 Å². The number of rotatable bonds is 10. The lowest BCUT2D eigenvalue weighted by molar-refractivity contribution is -0.116. The Morgan fingerprint density at radius 2 is 1.18 bits per heavy atom. The molecule has 1 atom stereocenters. The number of alkyl halides is 2. The van der Waals surface area contributed by atoms with Crippen LogP contribution in [0.25, 0.3) is 0 Å². The fraction of sp³-hybridized carbons (Fsp3) is 0.174. The van der Waals surface area contributed by atoms with E-state index in [9.17, 15) is 0 Å². The minimum Gasteiger partial charge on any atom is -0.497 e. The molecule has 1 aliphatic rings. The lowest BCUT2D eigenvalue weighted by atomic mass is 9.76. The molecule has 1 heterocycles. The number of aliphatic imine (C=N–C) groups is 2. The molecule has 0 bridgehead atoms. The second-order valence-electron chi connectivity index (χ2n) is 13.4. The Bertz CT molecular complexity index is 2190. The molecule has 0 saturated heterocycles. The van der Waals surface area contributed by atoms with Gasteiger partial charge in [-0.25, -0.2) is 18.2 Å². The van der Waals surface area contributed by atoms with Crippen molar-refractivity contribution in [3.63, 3.8) is 0 Å². The highest BCUT2D eigenvalue weighted by atomic mass is 19.3. The summed E-state index contributed by atoms with van der Waals surface area (Å²) in [4.78, 5) is 9.66. The molecular weight excluding hydrogens is 700 g/mol. The molecule has 0 aliphatic carbocycles. The average Bonchev–Trinajstić information content (AvgIpc) is 3.34. The minimum absolute atomic E-state index is 0.0951. The molecule has 0 aromatic heterocycles. The van der Waals surface area contributed by atoms with Crippen LogP contribution in [-0.2, 0) is 15.8 Å². The van der Waals surface area contributed by atoms with Gasteiger partial charge in [0, 0.05) is 16.7 Å². The summed E-state index contributed by atoms with van der Waals surface area (Å²) in [6, 6.07) is 47.7. The number of hydrogen-bond donors (Lipinski definition) is 1. The van der Waals surface area contributed by atoms with E-state index in [-0.39, 0.29) is 18.0 Å². The van der Waals surface area contributed by atoms with Gasteiger partial charge in [0.25, 0.3) is 5.92 Å². The van der Waals surface area contributed by atoms with Crippen LogP contribution < -0.4 is 14.8 Å². The number of nitrogens with zero attached hydrogens (tertiary/aromatic N) is 2. The van der Waals surface area contributed by atoms with E-state index in [4.69, 9.17) is 24.2 Å². The van der Waals surface area contributed by atoms with Crippen LogP contribution in [0, 0.1) is 5.82 Å². The molecule has 9 heteroatoms. The normalized spacial score (nSPS) is 16.7. The van der Waals surface area contributed by atoms with Crippen LogP contribution in [0.1, 0.15) is 40.3 Å². The lowest BCUT2D eigenvalue weighted by Crippen LogP contribution is -2.50. The van der Waals surface area contributed by atoms with Crippen molar-refractivity contribution in [3.05, 3.63) is 197 Å². The van der Waals surface area contributed by atoms with Gasteiger partial charge in [0.05, 0.1) is 25.6 Å². The molecule has 0 spiro atoms. The minimum atomic E-state index is -3.63. The van der Waals surface area contributed by atoms with Crippen LogP contribution in [0.4, 0.5) is 18.9 Å². The molecule has 0 saturated carbocycles. The molecule has 278 valence electrons. The van der Waals surface area contributed by atoms with Crippen molar-refractivity contribution in [2.24, 2.45) is 9.98 Å². The van der Waals surface area contributed by atoms with E-state index in [1.807, 2.05) is 140 Å². The largest absolute Gasteiger partial charge is 0.497 e. The molecular formula is C46H40F3N3O3. The standard InChI is InChI=1S/C46H40F3N3O3/c1-44(40-29-37(23-28-41(40)47)50-43(32-13-7-4-8-14-32)33-15-9-5-10-16-33)45(48,49)31-55-30-42(51-44)52-46(34-17-11-6-12-18-34,35-19-24-38(53-2)25-20-35)36-21-26-39(54-3)27-22-36/h4-29H,30-31H2,1-3H3,(H,51,52). The van der Waals surface area contributed by atoms with E-state index < -0.39 is 29.4 Å². The van der Waals surface area contributed by atoms with E-state index in [1.54, 1.807) is 14.2 Å². The van der Waals surface area contributed by atoms with Gasteiger partial charge in [-0.05, 0) is 66.1 Å². The molecule has 6 aromatic carbocycles. The van der Waals surface area contributed by atoms with Crippen LogP contribution in [-0.4, -0.2) is 44.9 Å². The van der Waals surface area contributed by atoms with E-state index in [0.717, 1.165) is 27.8 Å². The highest BCUT2D eigenvalue weighted by Gasteiger charge is 2.55. The number of nitrogens with one attached hydrogen (secondary N) is 1. The molecule has 1 unspecified atom stereocenters. The highest BCUT2D eigenvalue weighted by Crippen LogP contribution is 2.46. The van der Waals surface area contributed by atoms with Gasteiger partial charge in [-0.2, -0.15) is 0 Å². The van der Waals surface area contributed by atoms with Crippen LogP contribution in [0.15, 0.2) is 168 Å². The summed E-state index contributed by atoms with van der Waals surface area (Å²) in [6.45, 7) is -0.0406. The van der Waals surface area contributed by atoms with Gasteiger partial charge >= 0.3 is 0 Å². The van der Waals surface area contributed by atoms with Crippen molar-refractivity contribution in [3.8, 4) is 11.5 Å². The Kier molecular flexibility index (Phi) is 10.6. The second-order valence-corrected chi connectivity index (χ2v) is 13.4. The Morgan fingerprint density at radius 3 is 1.69 bits per heavy atom. The number of benzene rings is 6. The first-order valence-corrected chi connectivity index (χ1v) is 17.8. The summed E-state index contributed by atoms with van der Waals surface area (Å²) in [5.74, 6) is -3.09. The van der Waals surface area contributed by atoms with Gasteiger partial charge in [0.2, 0.25) is 0 Å². The summed E-state index contributed by atoms with van der Waals surface area (Å²) in [6.07, 6.45) is 0. The Balaban J connectivity index is 1.41. The van der Waals surface area contributed by atoms with Gasteiger partial charge < -0.3 is 19.5 Å². The van der Waals surface area contributed by atoms with Gasteiger partial charge in [0.1, 0.15) is 41.9 Å². The van der Waals surface area contributed by atoms with Gasteiger partial charge in [0.15, 0.2) is 5.54 Å². The van der Waals surface area contributed by atoms with E-state index in [2.05, 4.69) is 5.32 Å². The Morgan fingerprint density at radius 1 is 0.691 bits per heavy atom. The van der Waals surface area contributed by atoms with Crippen LogP contribution in [0.5, 0.6) is 11.5 Å². The Labute approximate surface area is 319 Å². The SMILES string of the molecule is COc1ccc(C(NC2=NC(C)(c3cc(N=C(c4ccccc4)c4ccccc4)ccc3F)C(F)(F)COC2)(c2ccccc2)c2ccc(OC)cc2)cc1. The zero-order valence-corrected chi connectivity index (χ0v) is 30.7. The number of ether oxygens (including phenoxy) is 3. The maximum atomic E-state index is 16.6. The first kappa shape index (κ1) is 37.1. The topological polar surface area (TPSA) is 64.4 Å². The summed E-state index contributed by atoms with van der Waals surface area (Å²) in [7, 11) is 3.17. The van der Waals surface area contributed by atoms with Gasteiger partial charge in [-0.3, -0.25) is 4.99 Å². The van der Waals surface area contributed by atoms with Crippen molar-refractivity contribution in [2.75, 3.05) is 27.4 Å². The fourth-order valence-corrected chi connectivity index (χ4v) is 7.00. The van der Waals surface area contributed by atoms with Crippen LogP contribution in [0.2, 0.25) is 0 Å². The van der Waals surface area contributed by atoms with Gasteiger partial charge in [-0.15, -0.1) is 0 Å². The molecule has 0 amide bonds. The maximum absolute atomic E-state index is 16.6. The lowest BCUT2D eigenvalue weighted by Gasteiger charge is -2.39. The van der Waals surface area contributed by atoms with Crippen molar-refractivity contribution in [2.45, 2.75) is 23.9 Å². The highest BCUT2D eigenvalue weighted by molar-refractivity contribution is 6.13. The third-order valence-corrected chi connectivity index (χ3v) is 9.99. The predicted molar refractivity (Wildman–Crippen MR) is 211 cm³/mol. The summed E-state index contributed by atoms with van der Waals surface area (Å²) in [5.41, 5.74) is 0.945. The number of halogens is 3. The number of amidine groups is 1. The molecule has 0 radical (unpaired) electrons. The summed E-state index contributed by atoms with van der Waals surface area (Å²) < 4.78 is 65.9. The molecule has 7 rings (SSSR count). The monoisotopic (exact) mass is 739 g/mol. The average molecular weight is 740 g/mol. The van der Waals surface area contributed by atoms with Crippen molar-refractivity contribution < 1.29 is 27.4 Å². The summed E-state index contributed by atoms with van der Waals surface area (Å²) >= 11 is 0. The zero-order chi connectivity index (χ0) is 38.5. The fourth-order valence-electron chi connectivity index (χ4n) is 7.00. The van der Waals surface area contributed by atoms with Crippen molar-refractivity contribution in [1.29, 1.82) is 0 Å². The molecule has 55 heavy (non-hydrogen) atoms. The van der Waals surface area contributed by atoms with Crippen LogP contribution >= 0.6 is 0 Å². The maximum Gasteiger partial charge on any atom is 0.299 e. The quantitative estimate of drug-likeness (QED) is 0.112. The van der Waals surface area contributed by atoms with E-state index >= 15 is 13.2 Å². The second kappa shape index (κ2) is 15.7. The van der Waals surface area contributed by atoms with Crippen LogP contribution in [0.3, 0.4) is 0 Å². The molecule has 6 aromatic rings. The number of methoxy groups -OCH3 is 2. The zero-order valence-electron chi connectivity index (χ0n) is 30.7. The Hall–Kier alpha value is -6.19. The molecule has 1 N–H and O–H groups in total. The summed E-state index contributed by atoms with van der Waals surface area (Å²) in [5, 5.41) is 3.57. The van der Waals surface area contributed by atoms with Gasteiger partial charge in [-0.1, -0.05) is 115 Å². The third-order valence-electron chi connectivity index (χ3n) is 9.99.